The van der Waals surface area contributed by atoms with Crippen LogP contribution in [0.25, 0.3) is 0 Å². The number of anilines is 1. The Kier molecular flexibility index (Phi) is 4.88. The Bertz CT molecular complexity index is 473. The van der Waals surface area contributed by atoms with Gasteiger partial charge in [-0.15, -0.1) is 0 Å². The van der Waals surface area contributed by atoms with Gasteiger partial charge in [0, 0.05) is 24.3 Å². The van der Waals surface area contributed by atoms with E-state index in [0.717, 1.165) is 17.2 Å². The molecular weight excluding hydrogens is 250 g/mol. The zero-order chi connectivity index (χ0) is 14.5. The monoisotopic (exact) mass is 275 g/mol. The van der Waals surface area contributed by atoms with Crippen molar-refractivity contribution in [1.29, 1.82) is 0 Å². The molecule has 4 heteroatoms. The Balaban J connectivity index is 2.30. The molecule has 0 spiro atoms. The largest absolute Gasteiger partial charge is 0.409 e. The second kappa shape index (κ2) is 6.64. The zero-order valence-corrected chi connectivity index (χ0v) is 12.4. The summed E-state index contributed by atoms with van der Waals surface area (Å²) >= 11 is 0. The molecule has 1 aromatic rings. The first-order valence-electron chi connectivity index (χ1n) is 7.48. The van der Waals surface area contributed by atoms with Gasteiger partial charge < -0.3 is 15.8 Å². The molecule has 110 valence electrons. The van der Waals surface area contributed by atoms with E-state index in [4.69, 9.17) is 10.9 Å². The fourth-order valence-electron chi connectivity index (χ4n) is 3.40. The van der Waals surface area contributed by atoms with Crippen LogP contribution in [0.3, 0.4) is 0 Å². The van der Waals surface area contributed by atoms with E-state index in [0.29, 0.717) is 6.04 Å². The molecule has 1 aromatic carbocycles. The SMILES string of the molecule is CCC1CCCCC1N(C)c1ccccc1/C(N)=N/O. The summed E-state index contributed by atoms with van der Waals surface area (Å²) in [5.41, 5.74) is 7.66. The number of rotatable bonds is 4. The molecule has 1 aliphatic rings. The minimum Gasteiger partial charge on any atom is -0.409 e. The van der Waals surface area contributed by atoms with Crippen LogP contribution >= 0.6 is 0 Å². The third-order valence-corrected chi connectivity index (χ3v) is 4.56. The van der Waals surface area contributed by atoms with Crippen LogP contribution in [-0.2, 0) is 0 Å². The van der Waals surface area contributed by atoms with Gasteiger partial charge >= 0.3 is 0 Å². The normalized spacial score (nSPS) is 23.6. The van der Waals surface area contributed by atoms with Gasteiger partial charge in [0.15, 0.2) is 5.84 Å². The molecule has 2 rings (SSSR count). The van der Waals surface area contributed by atoms with Crippen LogP contribution in [0.15, 0.2) is 29.4 Å². The number of para-hydroxylation sites is 1. The van der Waals surface area contributed by atoms with Crippen LogP contribution in [0.1, 0.15) is 44.6 Å². The number of oxime groups is 1. The predicted octanol–water partition coefficient (Wildman–Crippen LogP) is 3.19. The van der Waals surface area contributed by atoms with Crippen molar-refractivity contribution in [2.75, 3.05) is 11.9 Å². The second-order valence-corrected chi connectivity index (χ2v) is 5.63. The molecule has 1 saturated carbocycles. The van der Waals surface area contributed by atoms with Gasteiger partial charge in [0.2, 0.25) is 0 Å². The summed E-state index contributed by atoms with van der Waals surface area (Å²) in [6.45, 7) is 2.27. The van der Waals surface area contributed by atoms with Crippen molar-refractivity contribution in [3.8, 4) is 0 Å². The van der Waals surface area contributed by atoms with Gasteiger partial charge in [-0.05, 0) is 30.9 Å². The minimum absolute atomic E-state index is 0.177. The first kappa shape index (κ1) is 14.7. The lowest BCUT2D eigenvalue weighted by molar-refractivity contribution is 0.292. The summed E-state index contributed by atoms with van der Waals surface area (Å²) in [5, 5.41) is 12.1. The minimum atomic E-state index is 0.177. The van der Waals surface area contributed by atoms with E-state index >= 15 is 0 Å². The highest BCUT2D eigenvalue weighted by Crippen LogP contribution is 2.33. The molecule has 3 N–H and O–H groups in total. The van der Waals surface area contributed by atoms with Crippen LogP contribution in [-0.4, -0.2) is 24.1 Å². The highest BCUT2D eigenvalue weighted by atomic mass is 16.4. The summed E-state index contributed by atoms with van der Waals surface area (Å²) < 4.78 is 0. The van der Waals surface area contributed by atoms with E-state index in [1.807, 2.05) is 18.2 Å². The predicted molar refractivity (Wildman–Crippen MR) is 83.4 cm³/mol. The number of nitrogens with two attached hydrogens (primary N) is 1. The number of amidine groups is 1. The molecule has 1 fully saturated rings. The fourth-order valence-corrected chi connectivity index (χ4v) is 3.40. The van der Waals surface area contributed by atoms with Crippen LogP contribution < -0.4 is 10.6 Å². The van der Waals surface area contributed by atoms with Crippen molar-refractivity contribution < 1.29 is 5.21 Å². The molecule has 4 nitrogen and oxygen atoms in total. The Labute approximate surface area is 121 Å². The molecule has 0 aliphatic heterocycles. The molecule has 2 atom stereocenters. The quantitative estimate of drug-likeness (QED) is 0.384. The Morgan fingerprint density at radius 3 is 2.75 bits per heavy atom. The number of hydrogen-bond acceptors (Lipinski definition) is 3. The van der Waals surface area contributed by atoms with Gasteiger partial charge in [-0.1, -0.05) is 43.5 Å². The standard InChI is InChI=1S/C16H25N3O/c1-3-12-8-4-6-10-14(12)19(2)15-11-7-5-9-13(15)16(17)18-20/h5,7,9,11-12,14,20H,3-4,6,8,10H2,1-2H3,(H2,17,18). The van der Waals surface area contributed by atoms with Crippen molar-refractivity contribution in [1.82, 2.24) is 0 Å². The van der Waals surface area contributed by atoms with Gasteiger partial charge in [-0.25, -0.2) is 0 Å². The van der Waals surface area contributed by atoms with Gasteiger partial charge in [-0.3, -0.25) is 0 Å². The Hall–Kier alpha value is -1.71. The van der Waals surface area contributed by atoms with E-state index < -0.39 is 0 Å². The van der Waals surface area contributed by atoms with E-state index in [1.54, 1.807) is 0 Å². The topological polar surface area (TPSA) is 61.8 Å². The van der Waals surface area contributed by atoms with Gasteiger partial charge in [-0.2, -0.15) is 0 Å². The van der Waals surface area contributed by atoms with Crippen LogP contribution in [0.2, 0.25) is 0 Å². The van der Waals surface area contributed by atoms with Crippen molar-refractivity contribution in [2.24, 2.45) is 16.8 Å². The number of nitrogens with zero attached hydrogens (tertiary/aromatic N) is 2. The third-order valence-electron chi connectivity index (χ3n) is 4.56. The molecule has 1 aliphatic carbocycles. The second-order valence-electron chi connectivity index (χ2n) is 5.63. The third kappa shape index (κ3) is 2.89. The first-order valence-corrected chi connectivity index (χ1v) is 7.48. The summed E-state index contributed by atoms with van der Waals surface area (Å²) in [6, 6.07) is 8.42. The molecule has 20 heavy (non-hydrogen) atoms. The summed E-state index contributed by atoms with van der Waals surface area (Å²) in [6.07, 6.45) is 6.36. The molecule has 0 bridgehead atoms. The molecule has 0 saturated heterocycles. The van der Waals surface area contributed by atoms with Crippen LogP contribution in [0, 0.1) is 5.92 Å². The molecule has 0 amide bonds. The summed E-state index contributed by atoms with van der Waals surface area (Å²) in [4.78, 5) is 2.32. The maximum atomic E-state index is 8.95. The smallest absolute Gasteiger partial charge is 0.172 e. The first-order chi connectivity index (χ1) is 9.69. The van der Waals surface area contributed by atoms with Gasteiger partial charge in [0.05, 0.1) is 0 Å². The Morgan fingerprint density at radius 2 is 2.05 bits per heavy atom. The highest BCUT2D eigenvalue weighted by molar-refractivity contribution is 6.02. The van der Waals surface area contributed by atoms with Gasteiger partial charge in [0.1, 0.15) is 0 Å². The molecule has 0 aromatic heterocycles. The highest BCUT2D eigenvalue weighted by Gasteiger charge is 2.28. The number of hydrogen-bond donors (Lipinski definition) is 2. The molecule has 2 unspecified atom stereocenters. The Morgan fingerprint density at radius 1 is 1.35 bits per heavy atom. The maximum absolute atomic E-state index is 8.95. The van der Waals surface area contributed by atoms with Crippen molar-refractivity contribution in [2.45, 2.75) is 45.1 Å². The fraction of sp³-hybridized carbons (Fsp3) is 0.562. The molecular formula is C16H25N3O. The van der Waals surface area contributed by atoms with E-state index in [9.17, 15) is 0 Å². The van der Waals surface area contributed by atoms with Crippen molar-refractivity contribution in [3.63, 3.8) is 0 Å². The lowest BCUT2D eigenvalue weighted by Gasteiger charge is -2.39. The average Bonchev–Trinajstić information content (AvgIpc) is 2.53. The van der Waals surface area contributed by atoms with E-state index in [-0.39, 0.29) is 5.84 Å². The van der Waals surface area contributed by atoms with Crippen LogP contribution in [0.4, 0.5) is 5.69 Å². The summed E-state index contributed by atoms with van der Waals surface area (Å²) in [5.74, 6) is 0.908. The van der Waals surface area contributed by atoms with Crippen LogP contribution in [0.5, 0.6) is 0 Å². The lowest BCUT2D eigenvalue weighted by atomic mass is 9.82. The molecule has 0 radical (unpaired) electrons. The lowest BCUT2D eigenvalue weighted by Crippen LogP contribution is -2.40. The molecule has 0 heterocycles. The van der Waals surface area contributed by atoms with Crippen molar-refractivity contribution >= 4 is 11.5 Å². The van der Waals surface area contributed by atoms with Gasteiger partial charge in [0.25, 0.3) is 0 Å². The number of benzene rings is 1. The zero-order valence-electron chi connectivity index (χ0n) is 12.4. The van der Waals surface area contributed by atoms with E-state index in [2.05, 4.69) is 30.1 Å². The van der Waals surface area contributed by atoms with E-state index in [1.165, 1.54) is 32.1 Å². The van der Waals surface area contributed by atoms with Crippen molar-refractivity contribution in [3.05, 3.63) is 29.8 Å². The average molecular weight is 275 g/mol. The maximum Gasteiger partial charge on any atom is 0.172 e. The summed E-state index contributed by atoms with van der Waals surface area (Å²) in [7, 11) is 2.13.